The van der Waals surface area contributed by atoms with Crippen LogP contribution in [0.15, 0.2) is 42.5 Å². The van der Waals surface area contributed by atoms with E-state index in [1.807, 2.05) is 24.3 Å². The lowest BCUT2D eigenvalue weighted by atomic mass is 9.96. The third-order valence-electron chi connectivity index (χ3n) is 5.26. The van der Waals surface area contributed by atoms with Gasteiger partial charge in [-0.3, -0.25) is 4.79 Å². The Morgan fingerprint density at radius 3 is 2.50 bits per heavy atom. The summed E-state index contributed by atoms with van der Waals surface area (Å²) in [4.78, 5) is 24.5. The lowest BCUT2D eigenvalue weighted by Gasteiger charge is -2.22. The first-order valence-corrected chi connectivity index (χ1v) is 10.7. The number of ether oxygens (including phenoxy) is 1. The number of urea groups is 1. The largest absolute Gasteiger partial charge is 0.496 e. The van der Waals surface area contributed by atoms with E-state index in [2.05, 4.69) is 16.0 Å². The zero-order chi connectivity index (χ0) is 21.3. The summed E-state index contributed by atoms with van der Waals surface area (Å²) in [5.74, 6) is 0.255. The van der Waals surface area contributed by atoms with Crippen LogP contribution in [0.1, 0.15) is 48.0 Å². The van der Waals surface area contributed by atoms with E-state index in [1.54, 1.807) is 18.2 Å². The van der Waals surface area contributed by atoms with Gasteiger partial charge in [0.1, 0.15) is 5.75 Å². The Labute approximate surface area is 182 Å². The molecule has 6 nitrogen and oxygen atoms in total. The zero-order valence-corrected chi connectivity index (χ0v) is 17.9. The minimum atomic E-state index is -0.230. The first-order chi connectivity index (χ1) is 14.5. The van der Waals surface area contributed by atoms with Crippen molar-refractivity contribution >= 4 is 29.2 Å². The molecule has 2 aromatic rings. The number of amides is 3. The number of hydrogen-bond acceptors (Lipinski definition) is 3. The van der Waals surface area contributed by atoms with Gasteiger partial charge >= 0.3 is 6.03 Å². The fourth-order valence-electron chi connectivity index (χ4n) is 3.63. The van der Waals surface area contributed by atoms with Gasteiger partial charge in [0.05, 0.1) is 12.7 Å². The summed E-state index contributed by atoms with van der Waals surface area (Å²) >= 11 is 5.98. The summed E-state index contributed by atoms with van der Waals surface area (Å²) in [6.07, 6.45) is 6.40. The molecule has 0 aliphatic heterocycles. The zero-order valence-electron chi connectivity index (χ0n) is 17.2. The number of benzene rings is 2. The van der Waals surface area contributed by atoms with E-state index in [0.29, 0.717) is 29.3 Å². The highest BCUT2D eigenvalue weighted by Crippen LogP contribution is 2.22. The number of anilines is 1. The molecule has 30 heavy (non-hydrogen) atoms. The van der Waals surface area contributed by atoms with Crippen LogP contribution in [-0.2, 0) is 6.42 Å². The molecule has 7 heteroatoms. The normalized spacial score (nSPS) is 14.1. The molecule has 160 valence electrons. The monoisotopic (exact) mass is 429 g/mol. The Bertz CT molecular complexity index is 864. The van der Waals surface area contributed by atoms with Gasteiger partial charge in [0, 0.05) is 23.3 Å². The van der Waals surface area contributed by atoms with Crippen LogP contribution in [0.3, 0.4) is 0 Å². The lowest BCUT2D eigenvalue weighted by molar-refractivity contribution is 0.0951. The molecule has 1 aliphatic rings. The molecule has 0 radical (unpaired) electrons. The van der Waals surface area contributed by atoms with Crippen molar-refractivity contribution in [1.82, 2.24) is 10.6 Å². The van der Waals surface area contributed by atoms with Gasteiger partial charge in [-0.2, -0.15) is 0 Å². The van der Waals surface area contributed by atoms with Gasteiger partial charge in [-0.05, 0) is 55.2 Å². The lowest BCUT2D eigenvalue weighted by Crippen LogP contribution is -2.39. The van der Waals surface area contributed by atoms with Gasteiger partial charge in [0.25, 0.3) is 5.91 Å². The second kappa shape index (κ2) is 10.9. The van der Waals surface area contributed by atoms with Crippen molar-refractivity contribution in [2.24, 2.45) is 0 Å². The van der Waals surface area contributed by atoms with E-state index in [-0.39, 0.29) is 18.0 Å². The molecule has 0 heterocycles. The van der Waals surface area contributed by atoms with Crippen LogP contribution in [-0.4, -0.2) is 31.6 Å². The SMILES string of the molecule is COc1ccc(Cl)cc1C(=O)NCCc1ccc(NC(=O)NC2CCCCC2)cc1. The average molecular weight is 430 g/mol. The number of hydrogen-bond donors (Lipinski definition) is 3. The van der Waals surface area contributed by atoms with E-state index in [1.165, 1.54) is 26.4 Å². The van der Waals surface area contributed by atoms with Gasteiger partial charge < -0.3 is 20.7 Å². The van der Waals surface area contributed by atoms with E-state index in [9.17, 15) is 9.59 Å². The topological polar surface area (TPSA) is 79.5 Å². The molecule has 1 saturated carbocycles. The van der Waals surface area contributed by atoms with Crippen LogP contribution < -0.4 is 20.7 Å². The van der Waals surface area contributed by atoms with Crippen LogP contribution in [0, 0.1) is 0 Å². The van der Waals surface area contributed by atoms with Crippen LogP contribution in [0.5, 0.6) is 5.75 Å². The van der Waals surface area contributed by atoms with Crippen LogP contribution in [0.4, 0.5) is 10.5 Å². The molecule has 1 fully saturated rings. The molecule has 1 aliphatic carbocycles. The maximum Gasteiger partial charge on any atom is 0.319 e. The molecular weight excluding hydrogens is 402 g/mol. The Balaban J connectivity index is 1.45. The predicted octanol–water partition coefficient (Wildman–Crippen LogP) is 4.78. The maximum absolute atomic E-state index is 12.4. The third kappa shape index (κ3) is 6.39. The van der Waals surface area contributed by atoms with E-state index in [4.69, 9.17) is 16.3 Å². The Morgan fingerprint density at radius 2 is 1.80 bits per heavy atom. The van der Waals surface area contributed by atoms with Crippen molar-refractivity contribution in [3.8, 4) is 5.75 Å². The van der Waals surface area contributed by atoms with Gasteiger partial charge in [0.2, 0.25) is 0 Å². The number of methoxy groups -OCH3 is 1. The summed E-state index contributed by atoms with van der Waals surface area (Å²) in [6, 6.07) is 12.7. The van der Waals surface area contributed by atoms with Gasteiger partial charge in [0.15, 0.2) is 0 Å². The maximum atomic E-state index is 12.4. The number of halogens is 1. The number of carbonyl (C=O) groups excluding carboxylic acids is 2. The Kier molecular flexibility index (Phi) is 7.97. The minimum Gasteiger partial charge on any atom is -0.496 e. The Hall–Kier alpha value is -2.73. The molecule has 0 saturated heterocycles. The molecule has 0 unspecified atom stereocenters. The first kappa shape index (κ1) is 22.0. The summed E-state index contributed by atoms with van der Waals surface area (Å²) in [7, 11) is 1.52. The highest BCUT2D eigenvalue weighted by molar-refractivity contribution is 6.31. The number of carbonyl (C=O) groups is 2. The van der Waals surface area contributed by atoms with E-state index >= 15 is 0 Å². The second-order valence-corrected chi connectivity index (χ2v) is 7.92. The average Bonchev–Trinajstić information content (AvgIpc) is 2.75. The predicted molar refractivity (Wildman–Crippen MR) is 120 cm³/mol. The molecule has 3 rings (SSSR count). The fourth-order valence-corrected chi connectivity index (χ4v) is 3.80. The van der Waals surface area contributed by atoms with Crippen molar-refractivity contribution in [2.75, 3.05) is 19.0 Å². The van der Waals surface area contributed by atoms with Crippen molar-refractivity contribution in [2.45, 2.75) is 44.6 Å². The third-order valence-corrected chi connectivity index (χ3v) is 5.49. The van der Waals surface area contributed by atoms with Gasteiger partial charge in [-0.25, -0.2) is 4.79 Å². The standard InChI is InChI=1S/C23H28ClN3O3/c1-30-21-12-9-17(24)15-20(21)22(28)25-14-13-16-7-10-19(11-8-16)27-23(29)26-18-5-3-2-4-6-18/h7-12,15,18H,2-6,13-14H2,1H3,(H,25,28)(H2,26,27,29). The fraction of sp³-hybridized carbons (Fsp3) is 0.391. The molecule has 0 aromatic heterocycles. The van der Waals surface area contributed by atoms with Crippen molar-refractivity contribution < 1.29 is 14.3 Å². The quantitative estimate of drug-likeness (QED) is 0.592. The molecule has 3 amide bonds. The first-order valence-electron chi connectivity index (χ1n) is 10.3. The second-order valence-electron chi connectivity index (χ2n) is 7.48. The summed E-state index contributed by atoms with van der Waals surface area (Å²) in [5, 5.41) is 9.29. The molecule has 0 bridgehead atoms. The van der Waals surface area contributed by atoms with E-state index < -0.39 is 0 Å². The van der Waals surface area contributed by atoms with Gasteiger partial charge in [-0.15, -0.1) is 0 Å². The van der Waals surface area contributed by atoms with E-state index in [0.717, 1.165) is 24.1 Å². The Morgan fingerprint density at radius 1 is 1.07 bits per heavy atom. The van der Waals surface area contributed by atoms with Crippen molar-refractivity contribution in [1.29, 1.82) is 0 Å². The number of nitrogens with one attached hydrogen (secondary N) is 3. The molecule has 0 atom stereocenters. The minimum absolute atomic E-state index is 0.155. The summed E-state index contributed by atoms with van der Waals surface area (Å²) < 4.78 is 5.22. The molecular formula is C23H28ClN3O3. The highest BCUT2D eigenvalue weighted by atomic mass is 35.5. The summed E-state index contributed by atoms with van der Waals surface area (Å²) in [6.45, 7) is 0.476. The van der Waals surface area contributed by atoms with Crippen LogP contribution >= 0.6 is 11.6 Å². The summed E-state index contributed by atoms with van der Waals surface area (Å²) in [5.41, 5.74) is 2.22. The molecule has 3 N–H and O–H groups in total. The van der Waals surface area contributed by atoms with Crippen molar-refractivity contribution in [3.63, 3.8) is 0 Å². The van der Waals surface area contributed by atoms with Gasteiger partial charge in [-0.1, -0.05) is 43.0 Å². The smallest absolute Gasteiger partial charge is 0.319 e. The highest BCUT2D eigenvalue weighted by Gasteiger charge is 2.15. The number of rotatable bonds is 7. The molecule has 2 aromatic carbocycles. The van der Waals surface area contributed by atoms with Crippen LogP contribution in [0.2, 0.25) is 5.02 Å². The van der Waals surface area contributed by atoms with Crippen molar-refractivity contribution in [3.05, 3.63) is 58.6 Å². The van der Waals surface area contributed by atoms with Crippen LogP contribution in [0.25, 0.3) is 0 Å². The molecule has 0 spiro atoms.